The van der Waals surface area contributed by atoms with E-state index in [1.165, 1.54) is 76.8 Å². The van der Waals surface area contributed by atoms with E-state index in [0.29, 0.717) is 0 Å². The number of hydrogen-bond acceptors (Lipinski definition) is 1. The molecule has 1 aliphatic carbocycles. The molecular formula is C53H36N2. The van der Waals surface area contributed by atoms with Gasteiger partial charge in [-0.2, -0.15) is 0 Å². The van der Waals surface area contributed by atoms with Crippen molar-refractivity contribution in [2.45, 2.75) is 12.8 Å². The van der Waals surface area contributed by atoms with Crippen molar-refractivity contribution in [1.29, 1.82) is 0 Å². The van der Waals surface area contributed by atoms with Crippen molar-refractivity contribution in [3.05, 3.63) is 199 Å². The Balaban J connectivity index is 1.12. The first-order valence-electron chi connectivity index (χ1n) is 19.2. The summed E-state index contributed by atoms with van der Waals surface area (Å²) in [5.41, 5.74) is 14.5. The quantitative estimate of drug-likeness (QED) is 0.163. The van der Waals surface area contributed by atoms with E-state index in [1.807, 2.05) is 0 Å². The van der Waals surface area contributed by atoms with Gasteiger partial charge in [0.15, 0.2) is 0 Å². The molecule has 11 rings (SSSR count). The van der Waals surface area contributed by atoms with E-state index >= 15 is 0 Å². The Morgan fingerprint density at radius 2 is 1.09 bits per heavy atom. The third-order valence-corrected chi connectivity index (χ3v) is 11.4. The minimum absolute atomic E-state index is 0.943. The minimum atomic E-state index is 0.943. The van der Waals surface area contributed by atoms with Gasteiger partial charge in [-0.05, 0) is 126 Å². The van der Waals surface area contributed by atoms with Crippen LogP contribution in [0.25, 0.3) is 99.9 Å². The number of para-hydroxylation sites is 2. The normalized spacial score (nSPS) is 12.5. The monoisotopic (exact) mass is 700 g/mol. The maximum absolute atomic E-state index is 5.07. The Morgan fingerprint density at radius 3 is 1.95 bits per heavy atom. The lowest BCUT2D eigenvalue weighted by Gasteiger charge is -2.20. The van der Waals surface area contributed by atoms with Gasteiger partial charge in [0.1, 0.15) is 5.82 Å². The van der Waals surface area contributed by atoms with Gasteiger partial charge >= 0.3 is 0 Å². The Labute approximate surface area is 320 Å². The lowest BCUT2D eigenvalue weighted by atomic mass is 9.83. The molecule has 0 N–H and O–H groups in total. The molecule has 2 nitrogen and oxygen atoms in total. The zero-order valence-electron chi connectivity index (χ0n) is 30.3. The van der Waals surface area contributed by atoms with E-state index in [4.69, 9.17) is 4.98 Å². The SMILES string of the molecule is C1=Cc2ccc(-c3c4ccccc4c(-c4ccc5ccccc5c4)c4ccc(-c5ccc(-n6c(-c7ccccc7)nc7ccccc76)cc5)cc34)cc2CC1. The van der Waals surface area contributed by atoms with Crippen molar-refractivity contribution in [3.63, 3.8) is 0 Å². The van der Waals surface area contributed by atoms with Crippen molar-refractivity contribution in [2.24, 2.45) is 0 Å². The lowest BCUT2D eigenvalue weighted by molar-refractivity contribution is 0.986. The molecule has 0 amide bonds. The molecule has 0 bridgehead atoms. The van der Waals surface area contributed by atoms with E-state index in [1.54, 1.807) is 0 Å². The van der Waals surface area contributed by atoms with Crippen LogP contribution in [0.5, 0.6) is 0 Å². The molecule has 1 heterocycles. The van der Waals surface area contributed by atoms with E-state index in [2.05, 4.69) is 199 Å². The molecule has 0 unspecified atom stereocenters. The molecular weight excluding hydrogens is 665 g/mol. The summed E-state index contributed by atoms with van der Waals surface area (Å²) >= 11 is 0. The molecule has 2 heteroatoms. The Morgan fingerprint density at radius 1 is 0.436 bits per heavy atom. The third kappa shape index (κ3) is 5.29. The summed E-state index contributed by atoms with van der Waals surface area (Å²) in [6.07, 6.45) is 6.72. The molecule has 258 valence electrons. The number of fused-ring (bicyclic) bond motifs is 5. The zero-order chi connectivity index (χ0) is 36.3. The highest BCUT2D eigenvalue weighted by Crippen LogP contribution is 2.46. The van der Waals surface area contributed by atoms with Gasteiger partial charge in [-0.15, -0.1) is 0 Å². The number of hydrogen-bond donors (Lipinski definition) is 0. The number of aryl methyl sites for hydroxylation is 1. The van der Waals surface area contributed by atoms with Crippen molar-refractivity contribution in [1.82, 2.24) is 9.55 Å². The second-order valence-electron chi connectivity index (χ2n) is 14.6. The smallest absolute Gasteiger partial charge is 0.145 e. The standard InChI is InChI=1S/C53H36N2/c1-2-14-38(15-3-1)53-54-49-20-10-11-21-50(49)55(53)44-29-26-37(27-30-44)41-28-31-47-48(34-41)52(43-25-23-36-13-5-7-17-40(36)33-43)46-19-9-8-18-45(46)51(47)42-24-22-35-12-4-6-16-39(35)32-42/h1-6,8-16,18-34H,7,17H2. The van der Waals surface area contributed by atoms with Gasteiger partial charge in [0.05, 0.1) is 11.0 Å². The van der Waals surface area contributed by atoms with Crippen LogP contribution in [0.1, 0.15) is 17.5 Å². The average molecular weight is 701 g/mol. The highest BCUT2D eigenvalue weighted by Gasteiger charge is 2.20. The molecule has 0 spiro atoms. The molecule has 10 aromatic rings. The van der Waals surface area contributed by atoms with E-state index < -0.39 is 0 Å². The van der Waals surface area contributed by atoms with E-state index in [9.17, 15) is 0 Å². The largest absolute Gasteiger partial charge is 0.292 e. The van der Waals surface area contributed by atoms with Crippen LogP contribution in [-0.2, 0) is 6.42 Å². The Kier molecular flexibility index (Phi) is 7.34. The number of aromatic nitrogens is 2. The second kappa shape index (κ2) is 12.8. The van der Waals surface area contributed by atoms with Gasteiger partial charge in [-0.3, -0.25) is 4.57 Å². The number of rotatable bonds is 5. The van der Waals surface area contributed by atoms with Crippen LogP contribution in [0.15, 0.2) is 188 Å². The lowest BCUT2D eigenvalue weighted by Crippen LogP contribution is -1.97. The van der Waals surface area contributed by atoms with Gasteiger partial charge in [-0.1, -0.05) is 158 Å². The van der Waals surface area contributed by atoms with Gasteiger partial charge in [0.2, 0.25) is 0 Å². The number of allylic oxidation sites excluding steroid dienone is 1. The molecule has 0 atom stereocenters. The molecule has 0 fully saturated rings. The van der Waals surface area contributed by atoms with Crippen LogP contribution >= 0.6 is 0 Å². The predicted molar refractivity (Wildman–Crippen MR) is 233 cm³/mol. The molecule has 0 saturated carbocycles. The summed E-state index contributed by atoms with van der Waals surface area (Å²) in [4.78, 5) is 5.07. The molecule has 9 aromatic carbocycles. The number of benzene rings is 9. The average Bonchev–Trinajstić information content (AvgIpc) is 3.65. The fourth-order valence-electron chi connectivity index (χ4n) is 8.79. The summed E-state index contributed by atoms with van der Waals surface area (Å²) in [5, 5.41) is 7.59. The maximum atomic E-state index is 5.07. The van der Waals surface area contributed by atoms with Crippen molar-refractivity contribution >= 4 is 49.4 Å². The maximum Gasteiger partial charge on any atom is 0.145 e. The number of imidazole rings is 1. The zero-order valence-corrected chi connectivity index (χ0v) is 30.3. The van der Waals surface area contributed by atoms with Crippen LogP contribution < -0.4 is 0 Å². The van der Waals surface area contributed by atoms with Gasteiger partial charge in [-0.25, -0.2) is 4.98 Å². The Hall–Kier alpha value is -7.03. The molecule has 0 radical (unpaired) electrons. The Bertz CT molecular complexity index is 3130. The predicted octanol–water partition coefficient (Wildman–Crippen LogP) is 14.1. The van der Waals surface area contributed by atoms with Crippen LogP contribution in [-0.4, -0.2) is 9.55 Å². The molecule has 1 aliphatic rings. The van der Waals surface area contributed by atoms with Crippen molar-refractivity contribution < 1.29 is 0 Å². The summed E-state index contributed by atoms with van der Waals surface area (Å²) in [6.45, 7) is 0. The second-order valence-corrected chi connectivity index (χ2v) is 14.6. The highest BCUT2D eigenvalue weighted by atomic mass is 15.1. The van der Waals surface area contributed by atoms with Crippen LogP contribution in [0.2, 0.25) is 0 Å². The molecule has 55 heavy (non-hydrogen) atoms. The highest BCUT2D eigenvalue weighted by molar-refractivity contribution is 6.22. The topological polar surface area (TPSA) is 17.8 Å². The fourth-order valence-corrected chi connectivity index (χ4v) is 8.79. The van der Waals surface area contributed by atoms with Crippen molar-refractivity contribution in [3.8, 4) is 50.5 Å². The van der Waals surface area contributed by atoms with Gasteiger partial charge in [0, 0.05) is 11.3 Å². The first-order chi connectivity index (χ1) is 27.3. The van der Waals surface area contributed by atoms with Gasteiger partial charge in [0.25, 0.3) is 0 Å². The van der Waals surface area contributed by atoms with E-state index in [-0.39, 0.29) is 0 Å². The molecule has 0 aliphatic heterocycles. The third-order valence-electron chi connectivity index (χ3n) is 11.4. The van der Waals surface area contributed by atoms with E-state index in [0.717, 1.165) is 41.0 Å². The minimum Gasteiger partial charge on any atom is -0.292 e. The van der Waals surface area contributed by atoms with Crippen LogP contribution in [0.4, 0.5) is 0 Å². The van der Waals surface area contributed by atoms with Crippen molar-refractivity contribution in [2.75, 3.05) is 0 Å². The first-order valence-corrected chi connectivity index (χ1v) is 19.2. The molecule has 1 aromatic heterocycles. The van der Waals surface area contributed by atoms with Crippen LogP contribution in [0.3, 0.4) is 0 Å². The summed E-state index contributed by atoms with van der Waals surface area (Å²) in [6, 6.07) is 66.6. The fraction of sp³-hybridized carbons (Fsp3) is 0.0377. The summed E-state index contributed by atoms with van der Waals surface area (Å²) in [7, 11) is 0. The van der Waals surface area contributed by atoms with Gasteiger partial charge < -0.3 is 0 Å². The van der Waals surface area contributed by atoms with Crippen LogP contribution in [0, 0.1) is 0 Å². The first kappa shape index (κ1) is 31.5. The number of nitrogens with zero attached hydrogens (tertiary/aromatic N) is 2. The summed E-state index contributed by atoms with van der Waals surface area (Å²) < 4.78 is 2.28. The molecule has 0 saturated heterocycles. The summed E-state index contributed by atoms with van der Waals surface area (Å²) in [5.74, 6) is 0.943.